The van der Waals surface area contributed by atoms with Gasteiger partial charge in [-0.1, -0.05) is 0 Å². The summed E-state index contributed by atoms with van der Waals surface area (Å²) in [5.41, 5.74) is 0. The summed E-state index contributed by atoms with van der Waals surface area (Å²) in [6.07, 6.45) is 2.39. The lowest BCUT2D eigenvalue weighted by Gasteiger charge is -2.31. The van der Waals surface area contributed by atoms with Crippen LogP contribution in [0.15, 0.2) is 0 Å². The second-order valence-electron chi connectivity index (χ2n) is 3.32. The van der Waals surface area contributed by atoms with Gasteiger partial charge in [0.2, 0.25) is 5.91 Å². The van der Waals surface area contributed by atoms with E-state index in [1.165, 1.54) is 0 Å². The third-order valence-electron chi connectivity index (χ3n) is 2.53. The van der Waals surface area contributed by atoms with E-state index < -0.39 is 0 Å². The maximum atomic E-state index is 11.4. The van der Waals surface area contributed by atoms with Crippen molar-refractivity contribution in [1.29, 1.82) is 0 Å². The molecule has 2 atom stereocenters. The van der Waals surface area contributed by atoms with Gasteiger partial charge in [-0.25, -0.2) is 0 Å². The fraction of sp³-hybridized carbons (Fsp3) is 0.875. The lowest BCUT2D eigenvalue weighted by Crippen LogP contribution is -2.46. The minimum atomic E-state index is -0.0946. The van der Waals surface area contributed by atoms with Crippen molar-refractivity contribution < 1.29 is 14.6 Å². The van der Waals surface area contributed by atoms with Crippen LogP contribution in [0.3, 0.4) is 0 Å². The molecule has 0 aromatic rings. The molecule has 0 aliphatic carbocycles. The Morgan fingerprint density at radius 3 is 3.25 bits per heavy atom. The van der Waals surface area contributed by atoms with E-state index in [9.17, 15) is 4.79 Å². The summed E-state index contributed by atoms with van der Waals surface area (Å²) in [7, 11) is 0. The molecule has 2 unspecified atom stereocenters. The smallest absolute Gasteiger partial charge is 0.225 e. The van der Waals surface area contributed by atoms with Crippen molar-refractivity contribution >= 4 is 5.91 Å². The van der Waals surface area contributed by atoms with Gasteiger partial charge in [-0.05, 0) is 12.8 Å². The van der Waals surface area contributed by atoms with Gasteiger partial charge in [0.05, 0.1) is 19.3 Å². The maximum Gasteiger partial charge on any atom is 0.225 e. The maximum absolute atomic E-state index is 11.4. The number of nitrogens with zero attached hydrogens (tertiary/aromatic N) is 1. The van der Waals surface area contributed by atoms with Crippen LogP contribution in [0.5, 0.6) is 0 Å². The van der Waals surface area contributed by atoms with Crippen LogP contribution in [0.2, 0.25) is 0 Å². The predicted molar refractivity (Wildman–Crippen MR) is 41.3 cm³/mol. The van der Waals surface area contributed by atoms with Gasteiger partial charge in [0.15, 0.2) is 0 Å². The molecule has 0 saturated carbocycles. The Labute approximate surface area is 71.1 Å². The zero-order valence-corrected chi connectivity index (χ0v) is 6.90. The van der Waals surface area contributed by atoms with Crippen molar-refractivity contribution in [3.05, 3.63) is 0 Å². The first kappa shape index (κ1) is 8.01. The van der Waals surface area contributed by atoms with Crippen LogP contribution < -0.4 is 0 Å². The first-order chi connectivity index (χ1) is 5.83. The number of aliphatic hydroxyl groups excluding tert-OH is 1. The lowest BCUT2D eigenvalue weighted by molar-refractivity contribution is -0.142. The monoisotopic (exact) mass is 171 g/mol. The summed E-state index contributed by atoms with van der Waals surface area (Å²) in [6, 6.07) is -0.0946. The molecule has 2 aliphatic heterocycles. The Hall–Kier alpha value is -0.610. The Balaban J connectivity index is 2.11. The Kier molecular flexibility index (Phi) is 2.02. The second-order valence-corrected chi connectivity index (χ2v) is 3.32. The minimum absolute atomic E-state index is 0.0161. The SMILES string of the molecule is O=C1CCCC2OCC(CO)N12. The number of piperidine rings is 1. The van der Waals surface area contributed by atoms with Gasteiger partial charge in [0.1, 0.15) is 6.23 Å². The third-order valence-corrected chi connectivity index (χ3v) is 2.53. The number of fused-ring (bicyclic) bond motifs is 1. The Bertz CT molecular complexity index is 189. The molecule has 68 valence electrons. The van der Waals surface area contributed by atoms with E-state index in [0.717, 1.165) is 12.8 Å². The number of rotatable bonds is 1. The van der Waals surface area contributed by atoms with Gasteiger partial charge in [0.25, 0.3) is 0 Å². The van der Waals surface area contributed by atoms with E-state index >= 15 is 0 Å². The van der Waals surface area contributed by atoms with Gasteiger partial charge >= 0.3 is 0 Å². The standard InChI is InChI=1S/C8H13NO3/c10-4-6-5-12-8-3-1-2-7(11)9(6)8/h6,8,10H,1-5H2. The number of aliphatic hydroxyl groups is 1. The summed E-state index contributed by atoms with van der Waals surface area (Å²) in [5.74, 6) is 0.128. The van der Waals surface area contributed by atoms with Gasteiger partial charge in [-0.3, -0.25) is 4.79 Å². The average Bonchev–Trinajstić information content (AvgIpc) is 2.49. The zero-order valence-electron chi connectivity index (χ0n) is 6.90. The van der Waals surface area contributed by atoms with E-state index in [2.05, 4.69) is 0 Å². The van der Waals surface area contributed by atoms with Crippen LogP contribution in [0.25, 0.3) is 0 Å². The van der Waals surface area contributed by atoms with E-state index in [1.807, 2.05) is 0 Å². The summed E-state index contributed by atoms with van der Waals surface area (Å²) < 4.78 is 5.38. The second kappa shape index (κ2) is 3.03. The number of amides is 1. The molecule has 4 nitrogen and oxygen atoms in total. The first-order valence-corrected chi connectivity index (χ1v) is 4.36. The number of hydrogen-bond donors (Lipinski definition) is 1. The predicted octanol–water partition coefficient (Wildman–Crippen LogP) is -0.284. The lowest BCUT2D eigenvalue weighted by atomic mass is 10.1. The molecule has 12 heavy (non-hydrogen) atoms. The minimum Gasteiger partial charge on any atom is -0.394 e. The third kappa shape index (κ3) is 1.11. The Morgan fingerprint density at radius 2 is 2.50 bits per heavy atom. The summed E-state index contributed by atoms with van der Waals surface area (Å²) in [6.45, 7) is 0.509. The van der Waals surface area contributed by atoms with Crippen LogP contribution in [-0.2, 0) is 9.53 Å². The number of ether oxygens (including phenoxy) is 1. The molecule has 2 aliphatic rings. The van der Waals surface area contributed by atoms with Crippen LogP contribution in [0.1, 0.15) is 19.3 Å². The molecule has 0 spiro atoms. The molecular formula is C8H13NO3. The van der Waals surface area contributed by atoms with E-state index in [4.69, 9.17) is 9.84 Å². The molecule has 0 radical (unpaired) electrons. The molecule has 2 saturated heterocycles. The highest BCUT2D eigenvalue weighted by Gasteiger charge is 2.39. The van der Waals surface area contributed by atoms with Crippen molar-refractivity contribution in [2.75, 3.05) is 13.2 Å². The van der Waals surface area contributed by atoms with Crippen LogP contribution in [0.4, 0.5) is 0 Å². The molecular weight excluding hydrogens is 158 g/mol. The molecule has 0 aromatic heterocycles. The molecule has 2 rings (SSSR count). The average molecular weight is 171 g/mol. The molecule has 2 fully saturated rings. The summed E-state index contributed by atoms with van der Waals surface area (Å²) >= 11 is 0. The van der Waals surface area contributed by atoms with Gasteiger partial charge in [0, 0.05) is 6.42 Å². The van der Waals surface area contributed by atoms with Crippen molar-refractivity contribution in [1.82, 2.24) is 4.90 Å². The zero-order chi connectivity index (χ0) is 8.55. The van der Waals surface area contributed by atoms with Gasteiger partial charge < -0.3 is 14.7 Å². The summed E-state index contributed by atoms with van der Waals surface area (Å²) in [4.78, 5) is 13.1. The van der Waals surface area contributed by atoms with Crippen molar-refractivity contribution in [3.63, 3.8) is 0 Å². The number of hydrogen-bond acceptors (Lipinski definition) is 3. The van der Waals surface area contributed by atoms with Crippen molar-refractivity contribution in [3.8, 4) is 0 Å². The summed E-state index contributed by atoms with van der Waals surface area (Å²) in [5, 5.41) is 8.95. The van der Waals surface area contributed by atoms with Crippen LogP contribution in [0, 0.1) is 0 Å². The fourth-order valence-electron chi connectivity index (χ4n) is 1.90. The van der Waals surface area contributed by atoms with Gasteiger partial charge in [-0.2, -0.15) is 0 Å². The Morgan fingerprint density at radius 1 is 1.67 bits per heavy atom. The molecule has 1 N–H and O–H groups in total. The van der Waals surface area contributed by atoms with Crippen LogP contribution in [-0.4, -0.2) is 41.4 Å². The van der Waals surface area contributed by atoms with Crippen molar-refractivity contribution in [2.45, 2.75) is 31.5 Å². The highest BCUT2D eigenvalue weighted by atomic mass is 16.5. The fourth-order valence-corrected chi connectivity index (χ4v) is 1.90. The highest BCUT2D eigenvalue weighted by molar-refractivity contribution is 5.77. The van der Waals surface area contributed by atoms with E-state index in [1.54, 1.807) is 4.90 Å². The number of carbonyl (C=O) groups excluding carboxylic acids is 1. The van der Waals surface area contributed by atoms with E-state index in [0.29, 0.717) is 13.0 Å². The normalized spacial score (nSPS) is 35.4. The topological polar surface area (TPSA) is 49.8 Å². The molecule has 0 bridgehead atoms. The quantitative estimate of drug-likeness (QED) is 0.590. The molecule has 4 heteroatoms. The molecule has 1 amide bonds. The van der Waals surface area contributed by atoms with E-state index in [-0.39, 0.29) is 24.8 Å². The first-order valence-electron chi connectivity index (χ1n) is 4.36. The highest BCUT2D eigenvalue weighted by Crippen LogP contribution is 2.26. The molecule has 2 heterocycles. The number of carbonyl (C=O) groups is 1. The van der Waals surface area contributed by atoms with Crippen molar-refractivity contribution in [2.24, 2.45) is 0 Å². The van der Waals surface area contributed by atoms with Gasteiger partial charge in [-0.15, -0.1) is 0 Å². The molecule has 0 aromatic carbocycles. The van der Waals surface area contributed by atoms with Crippen LogP contribution >= 0.6 is 0 Å². The largest absolute Gasteiger partial charge is 0.394 e.